The lowest BCUT2D eigenvalue weighted by atomic mass is 10.4. The van der Waals surface area contributed by atoms with Crippen LogP contribution in [0.3, 0.4) is 0 Å². The molecule has 0 bridgehead atoms. The first-order valence-corrected chi connectivity index (χ1v) is 8.06. The van der Waals surface area contributed by atoms with Gasteiger partial charge < -0.3 is 0 Å². The van der Waals surface area contributed by atoms with Crippen LogP contribution < -0.4 is 0 Å². The summed E-state index contributed by atoms with van der Waals surface area (Å²) in [6.45, 7) is 1.94. The molecule has 6 heteroatoms. The van der Waals surface area contributed by atoms with Gasteiger partial charge in [-0.15, -0.1) is 0 Å². The van der Waals surface area contributed by atoms with Gasteiger partial charge in [0.05, 0.1) is 16.6 Å². The highest BCUT2D eigenvalue weighted by molar-refractivity contribution is 8.10. The molecule has 0 amide bonds. The fourth-order valence-electron chi connectivity index (χ4n) is 0.889. The third-order valence-corrected chi connectivity index (χ3v) is 4.21. The van der Waals surface area contributed by atoms with Crippen molar-refractivity contribution in [3.63, 3.8) is 0 Å². The van der Waals surface area contributed by atoms with Crippen LogP contribution >= 0.6 is 0 Å². The van der Waals surface area contributed by atoms with Crippen molar-refractivity contribution in [3.8, 4) is 0 Å². The number of rotatable bonds is 6. The average molecular weight is 253 g/mol. The minimum absolute atomic E-state index is 0.0344. The van der Waals surface area contributed by atoms with Crippen molar-refractivity contribution in [2.24, 2.45) is 0 Å². The van der Waals surface area contributed by atoms with Crippen LogP contribution in [-0.4, -0.2) is 35.8 Å². The Kier molecular flexibility index (Phi) is 6.87. The molecule has 0 aromatic carbocycles. The van der Waals surface area contributed by atoms with Crippen molar-refractivity contribution in [3.05, 3.63) is 12.2 Å². The van der Waals surface area contributed by atoms with Gasteiger partial charge >= 0.3 is 5.12 Å². The Labute approximate surface area is 93.9 Å². The molecule has 0 aliphatic carbocycles. The highest BCUT2D eigenvalue weighted by Crippen LogP contribution is 2.00. The van der Waals surface area contributed by atoms with E-state index in [0.717, 1.165) is 6.42 Å². The molecule has 0 saturated heterocycles. The summed E-state index contributed by atoms with van der Waals surface area (Å²) >= 11 is 0. The van der Waals surface area contributed by atoms with Gasteiger partial charge in [-0.05, 0) is 6.42 Å². The molecule has 0 aliphatic heterocycles. The summed E-state index contributed by atoms with van der Waals surface area (Å²) in [5.41, 5.74) is 0. The standard InChI is InChI=1S/C9H16O4S2/c1-3-4-6-9(10)14(2)7-5-8-15(11,12)13/h4,6H,3,5,7-8H2,1-2H3/p+1. The van der Waals surface area contributed by atoms with E-state index in [1.807, 2.05) is 6.92 Å². The molecule has 1 unspecified atom stereocenters. The van der Waals surface area contributed by atoms with E-state index in [9.17, 15) is 13.2 Å². The highest BCUT2D eigenvalue weighted by atomic mass is 32.2. The number of allylic oxidation sites excluding steroid dienone is 1. The van der Waals surface area contributed by atoms with Crippen LogP contribution in [0.2, 0.25) is 0 Å². The largest absolute Gasteiger partial charge is 0.354 e. The Balaban J connectivity index is 3.89. The normalized spacial score (nSPS) is 14.3. The average Bonchev–Trinajstić information content (AvgIpc) is 2.11. The molecule has 4 nitrogen and oxygen atoms in total. The lowest BCUT2D eigenvalue weighted by Crippen LogP contribution is -2.17. The van der Waals surface area contributed by atoms with Crippen molar-refractivity contribution >= 4 is 26.1 Å². The predicted molar refractivity (Wildman–Crippen MR) is 63.6 cm³/mol. The lowest BCUT2D eigenvalue weighted by Gasteiger charge is -1.97. The van der Waals surface area contributed by atoms with E-state index < -0.39 is 21.0 Å². The fraction of sp³-hybridized carbons (Fsp3) is 0.667. The third kappa shape index (κ3) is 8.65. The number of hydrogen-bond acceptors (Lipinski definition) is 3. The SMILES string of the molecule is CCC=CC(=O)[S+](C)CCCS(=O)(=O)O. The Morgan fingerprint density at radius 1 is 1.47 bits per heavy atom. The summed E-state index contributed by atoms with van der Waals surface area (Å²) in [5.74, 6) is 0.238. The van der Waals surface area contributed by atoms with Gasteiger partial charge in [-0.3, -0.25) is 4.55 Å². The quantitative estimate of drug-likeness (QED) is 0.435. The molecule has 0 spiro atoms. The molecule has 0 aromatic rings. The molecule has 0 fully saturated rings. The second-order valence-electron chi connectivity index (χ2n) is 3.11. The summed E-state index contributed by atoms with van der Waals surface area (Å²) in [6.07, 6.45) is 6.25. The fourth-order valence-corrected chi connectivity index (χ4v) is 2.69. The number of carbonyl (C=O) groups excluding carboxylic acids is 1. The molecule has 1 atom stereocenters. The first-order chi connectivity index (χ1) is 6.87. The molecular weight excluding hydrogens is 236 g/mol. The molecule has 0 rings (SSSR count). The summed E-state index contributed by atoms with van der Waals surface area (Å²) in [7, 11) is -4.34. The van der Waals surface area contributed by atoms with E-state index in [4.69, 9.17) is 4.55 Å². The molecule has 0 radical (unpaired) electrons. The maximum absolute atomic E-state index is 11.4. The van der Waals surface area contributed by atoms with Crippen molar-refractivity contribution in [1.29, 1.82) is 0 Å². The first kappa shape index (κ1) is 14.7. The summed E-state index contributed by atoms with van der Waals surface area (Å²) in [6, 6.07) is 0. The Bertz CT molecular complexity index is 319. The van der Waals surface area contributed by atoms with Crippen LogP contribution in [0.1, 0.15) is 19.8 Å². The Morgan fingerprint density at radius 2 is 2.07 bits per heavy atom. The van der Waals surface area contributed by atoms with Gasteiger partial charge in [-0.25, -0.2) is 4.79 Å². The van der Waals surface area contributed by atoms with Gasteiger partial charge in [-0.1, -0.05) is 13.0 Å². The van der Waals surface area contributed by atoms with Gasteiger partial charge in [0.15, 0.2) is 0 Å². The first-order valence-electron chi connectivity index (χ1n) is 4.65. The summed E-state index contributed by atoms with van der Waals surface area (Å²) in [5, 5.41) is 0.0344. The summed E-state index contributed by atoms with van der Waals surface area (Å²) < 4.78 is 29.3. The number of hydrogen-bond donors (Lipinski definition) is 1. The topological polar surface area (TPSA) is 71.4 Å². The molecule has 88 valence electrons. The predicted octanol–water partition coefficient (Wildman–Crippen LogP) is 1.01. The van der Waals surface area contributed by atoms with Crippen LogP contribution in [0.25, 0.3) is 0 Å². The minimum atomic E-state index is -3.89. The van der Waals surface area contributed by atoms with Crippen molar-refractivity contribution in [2.45, 2.75) is 19.8 Å². The second kappa shape index (κ2) is 7.03. The van der Waals surface area contributed by atoms with Gasteiger partial charge in [0.2, 0.25) is 0 Å². The molecule has 0 heterocycles. The zero-order valence-electron chi connectivity index (χ0n) is 8.97. The van der Waals surface area contributed by atoms with Gasteiger partial charge in [0, 0.05) is 12.5 Å². The monoisotopic (exact) mass is 253 g/mol. The lowest BCUT2D eigenvalue weighted by molar-refractivity contribution is -0.107. The van der Waals surface area contributed by atoms with E-state index in [1.54, 1.807) is 12.3 Å². The maximum Gasteiger partial charge on any atom is 0.354 e. The van der Waals surface area contributed by atoms with Gasteiger partial charge in [0.1, 0.15) is 12.0 Å². The van der Waals surface area contributed by atoms with E-state index in [0.29, 0.717) is 12.2 Å². The molecular formula is C9H17O4S2+. The zero-order valence-corrected chi connectivity index (χ0v) is 10.6. The van der Waals surface area contributed by atoms with Crippen molar-refractivity contribution < 1.29 is 17.8 Å². The van der Waals surface area contributed by atoms with Gasteiger partial charge in [0.25, 0.3) is 10.1 Å². The van der Waals surface area contributed by atoms with E-state index >= 15 is 0 Å². The van der Waals surface area contributed by atoms with Crippen molar-refractivity contribution in [2.75, 3.05) is 17.8 Å². The highest BCUT2D eigenvalue weighted by Gasteiger charge is 2.20. The minimum Gasteiger partial charge on any atom is -0.286 e. The van der Waals surface area contributed by atoms with E-state index in [2.05, 4.69) is 0 Å². The van der Waals surface area contributed by atoms with E-state index in [-0.39, 0.29) is 10.9 Å². The van der Waals surface area contributed by atoms with Crippen LogP contribution in [0, 0.1) is 0 Å². The zero-order chi connectivity index (χ0) is 11.9. The molecule has 15 heavy (non-hydrogen) atoms. The molecule has 1 N–H and O–H groups in total. The Hall–Kier alpha value is -0.330. The third-order valence-electron chi connectivity index (χ3n) is 1.69. The Morgan fingerprint density at radius 3 is 2.53 bits per heavy atom. The smallest absolute Gasteiger partial charge is 0.286 e. The van der Waals surface area contributed by atoms with Crippen LogP contribution in [0.5, 0.6) is 0 Å². The summed E-state index contributed by atoms with van der Waals surface area (Å²) in [4.78, 5) is 11.4. The van der Waals surface area contributed by atoms with Crippen LogP contribution in [-0.2, 0) is 25.8 Å². The number of carbonyl (C=O) groups is 1. The molecule has 0 saturated carbocycles. The van der Waals surface area contributed by atoms with Crippen molar-refractivity contribution in [1.82, 2.24) is 0 Å². The van der Waals surface area contributed by atoms with Gasteiger partial charge in [-0.2, -0.15) is 8.42 Å². The molecule has 0 aliphatic rings. The van der Waals surface area contributed by atoms with Crippen LogP contribution in [0.15, 0.2) is 12.2 Å². The molecule has 0 aromatic heterocycles. The van der Waals surface area contributed by atoms with Crippen LogP contribution in [0.4, 0.5) is 0 Å². The second-order valence-corrected chi connectivity index (χ2v) is 6.77. The maximum atomic E-state index is 11.4. The van der Waals surface area contributed by atoms with E-state index in [1.165, 1.54) is 6.08 Å².